The minimum absolute atomic E-state index is 0.00396. The molecule has 0 spiro atoms. The van der Waals surface area contributed by atoms with Crippen LogP contribution in [-0.2, 0) is 17.8 Å². The molecule has 7 nitrogen and oxygen atoms in total. The van der Waals surface area contributed by atoms with Crippen molar-refractivity contribution in [1.29, 1.82) is 0 Å². The van der Waals surface area contributed by atoms with Crippen molar-refractivity contribution in [3.05, 3.63) is 94.5 Å². The Morgan fingerprint density at radius 3 is 2.38 bits per heavy atom. The highest BCUT2D eigenvalue weighted by Crippen LogP contribution is 2.37. The van der Waals surface area contributed by atoms with Crippen LogP contribution in [0.1, 0.15) is 71.6 Å². The molecular weight excluding hydrogens is 502 g/mol. The number of hydrogen-bond acceptors (Lipinski definition) is 5. The topological polar surface area (TPSA) is 105 Å². The zero-order valence-electron chi connectivity index (χ0n) is 24.2. The Labute approximate surface area is 238 Å². The molecule has 3 aromatic rings. The predicted octanol–water partition coefficient (Wildman–Crippen LogP) is 5.12. The van der Waals surface area contributed by atoms with Crippen LogP contribution in [0, 0.1) is 6.92 Å². The van der Waals surface area contributed by atoms with E-state index < -0.39 is 17.9 Å². The van der Waals surface area contributed by atoms with Crippen molar-refractivity contribution in [2.45, 2.75) is 65.0 Å². The van der Waals surface area contributed by atoms with E-state index in [1.54, 1.807) is 18.1 Å². The Morgan fingerprint density at radius 1 is 1.00 bits per heavy atom. The first-order valence-electron chi connectivity index (χ1n) is 14.1. The molecule has 40 heavy (non-hydrogen) atoms. The van der Waals surface area contributed by atoms with Crippen molar-refractivity contribution in [2.24, 2.45) is 5.73 Å². The molecule has 7 heteroatoms. The smallest absolute Gasteiger partial charge is 0.249 e. The van der Waals surface area contributed by atoms with E-state index in [1.807, 2.05) is 81.4 Å². The molecule has 0 unspecified atom stereocenters. The molecular formula is C33H43N3O4. The van der Waals surface area contributed by atoms with E-state index in [4.69, 9.17) is 10.5 Å². The summed E-state index contributed by atoms with van der Waals surface area (Å²) >= 11 is 0. The summed E-state index contributed by atoms with van der Waals surface area (Å²) in [6.07, 6.45) is 1.47. The van der Waals surface area contributed by atoms with Crippen LogP contribution in [0.25, 0.3) is 0 Å². The quantitative estimate of drug-likeness (QED) is 0.246. The first-order valence-corrected chi connectivity index (χ1v) is 14.1. The lowest BCUT2D eigenvalue weighted by Crippen LogP contribution is -2.37. The fourth-order valence-corrected chi connectivity index (χ4v) is 5.13. The highest BCUT2D eigenvalue weighted by molar-refractivity contribution is 6.00. The predicted molar refractivity (Wildman–Crippen MR) is 161 cm³/mol. The number of nitrogens with one attached hydrogen (secondary N) is 1. The van der Waals surface area contributed by atoms with Gasteiger partial charge in [-0.15, -0.1) is 0 Å². The summed E-state index contributed by atoms with van der Waals surface area (Å²) < 4.78 is 5.33. The summed E-state index contributed by atoms with van der Waals surface area (Å²) in [5, 5.41) is 15.1. The second-order valence-corrected chi connectivity index (χ2v) is 10.3. The number of benzene rings is 3. The highest BCUT2D eigenvalue weighted by Gasteiger charge is 2.31. The monoisotopic (exact) mass is 545 g/mol. The Morgan fingerprint density at radius 2 is 1.73 bits per heavy atom. The number of carbonyl (C=O) groups excluding carboxylic acids is 2. The van der Waals surface area contributed by atoms with Gasteiger partial charge in [0.1, 0.15) is 5.75 Å². The number of carbonyl (C=O) groups is 2. The van der Waals surface area contributed by atoms with E-state index in [9.17, 15) is 14.7 Å². The molecule has 4 N–H and O–H groups in total. The second-order valence-electron chi connectivity index (χ2n) is 10.3. The SMILES string of the molecule is CCCC(=O)N(CCC)c1cc(C)cc(C(N)=O)c1[C@H](Cc1ccccc1)[C@@H](O)CNCc1cccc(OC)c1. The van der Waals surface area contributed by atoms with E-state index in [-0.39, 0.29) is 12.5 Å². The lowest BCUT2D eigenvalue weighted by atomic mass is 9.82. The highest BCUT2D eigenvalue weighted by atomic mass is 16.5. The molecule has 2 atom stereocenters. The van der Waals surface area contributed by atoms with Gasteiger partial charge in [-0.25, -0.2) is 0 Å². The molecule has 0 radical (unpaired) electrons. The van der Waals surface area contributed by atoms with Gasteiger partial charge in [0, 0.05) is 43.2 Å². The van der Waals surface area contributed by atoms with Crippen LogP contribution in [0.5, 0.6) is 5.75 Å². The van der Waals surface area contributed by atoms with Gasteiger partial charge in [0.15, 0.2) is 0 Å². The third-order valence-electron chi connectivity index (χ3n) is 7.02. The van der Waals surface area contributed by atoms with Gasteiger partial charge in [-0.2, -0.15) is 0 Å². The summed E-state index contributed by atoms with van der Waals surface area (Å²) in [5.41, 5.74) is 10.4. The van der Waals surface area contributed by atoms with Crippen molar-refractivity contribution < 1.29 is 19.4 Å². The van der Waals surface area contributed by atoms with Crippen molar-refractivity contribution in [3.8, 4) is 5.75 Å². The normalized spacial score (nSPS) is 12.5. The van der Waals surface area contributed by atoms with Crippen LogP contribution in [-0.4, -0.2) is 43.2 Å². The Balaban J connectivity index is 2.07. The van der Waals surface area contributed by atoms with Crippen molar-refractivity contribution >= 4 is 17.5 Å². The number of aliphatic hydroxyl groups is 1. The molecule has 0 aliphatic carbocycles. The van der Waals surface area contributed by atoms with E-state index >= 15 is 0 Å². The molecule has 3 rings (SSSR count). The van der Waals surface area contributed by atoms with E-state index in [0.717, 1.165) is 28.9 Å². The van der Waals surface area contributed by atoms with E-state index in [0.29, 0.717) is 49.2 Å². The number of hydrogen-bond donors (Lipinski definition) is 3. The molecule has 0 bridgehead atoms. The molecule has 0 heterocycles. The molecule has 0 saturated carbocycles. The third-order valence-corrected chi connectivity index (χ3v) is 7.02. The summed E-state index contributed by atoms with van der Waals surface area (Å²) in [4.78, 5) is 28.0. The molecule has 0 fully saturated rings. The number of aliphatic hydroxyl groups excluding tert-OH is 1. The van der Waals surface area contributed by atoms with Gasteiger partial charge in [-0.05, 0) is 72.7 Å². The number of ether oxygens (including phenoxy) is 1. The van der Waals surface area contributed by atoms with Gasteiger partial charge in [0.2, 0.25) is 11.8 Å². The minimum atomic E-state index is -0.866. The van der Waals surface area contributed by atoms with Gasteiger partial charge in [-0.3, -0.25) is 9.59 Å². The average molecular weight is 546 g/mol. The maximum Gasteiger partial charge on any atom is 0.249 e. The Hall–Kier alpha value is -3.68. The van der Waals surface area contributed by atoms with Crippen molar-refractivity contribution in [3.63, 3.8) is 0 Å². The van der Waals surface area contributed by atoms with E-state index in [1.165, 1.54) is 0 Å². The van der Waals surface area contributed by atoms with Crippen LogP contribution in [0.3, 0.4) is 0 Å². The van der Waals surface area contributed by atoms with Crippen molar-refractivity contribution in [1.82, 2.24) is 5.32 Å². The number of methoxy groups -OCH3 is 1. The van der Waals surface area contributed by atoms with Crippen LogP contribution in [0.2, 0.25) is 0 Å². The van der Waals surface area contributed by atoms with Gasteiger partial charge >= 0.3 is 0 Å². The maximum atomic E-state index is 13.3. The zero-order chi connectivity index (χ0) is 29.1. The molecule has 3 aromatic carbocycles. The average Bonchev–Trinajstić information content (AvgIpc) is 2.95. The number of aryl methyl sites for hydroxylation is 1. The Kier molecular flexibility index (Phi) is 11.7. The van der Waals surface area contributed by atoms with Crippen molar-refractivity contribution in [2.75, 3.05) is 25.1 Å². The molecule has 0 aromatic heterocycles. The molecule has 0 aliphatic heterocycles. The van der Waals surface area contributed by atoms with Gasteiger partial charge < -0.3 is 25.8 Å². The second kappa shape index (κ2) is 15.2. The van der Waals surface area contributed by atoms with Crippen LogP contribution >= 0.6 is 0 Å². The number of nitrogens with two attached hydrogens (primary N) is 1. The van der Waals surface area contributed by atoms with E-state index in [2.05, 4.69) is 5.32 Å². The molecule has 0 saturated heterocycles. The number of rotatable bonds is 15. The number of nitrogens with zero attached hydrogens (tertiary/aromatic N) is 1. The number of anilines is 1. The third kappa shape index (κ3) is 8.16. The zero-order valence-corrected chi connectivity index (χ0v) is 24.2. The summed E-state index contributed by atoms with van der Waals surface area (Å²) in [5.74, 6) is -0.304. The number of primary amides is 1. The van der Waals surface area contributed by atoms with Gasteiger partial charge in [0.05, 0.1) is 13.2 Å². The lowest BCUT2D eigenvalue weighted by molar-refractivity contribution is -0.118. The van der Waals surface area contributed by atoms with Crippen LogP contribution < -0.4 is 20.7 Å². The van der Waals surface area contributed by atoms with Gasteiger partial charge in [0.25, 0.3) is 0 Å². The first-order chi connectivity index (χ1) is 19.3. The van der Waals surface area contributed by atoms with Crippen LogP contribution in [0.4, 0.5) is 5.69 Å². The van der Waals surface area contributed by atoms with Crippen LogP contribution in [0.15, 0.2) is 66.7 Å². The minimum Gasteiger partial charge on any atom is -0.497 e. The summed E-state index contributed by atoms with van der Waals surface area (Å²) in [6.45, 7) is 7.21. The maximum absolute atomic E-state index is 13.3. The fourth-order valence-electron chi connectivity index (χ4n) is 5.13. The molecule has 2 amide bonds. The fraction of sp³-hybridized carbons (Fsp3) is 0.394. The lowest BCUT2D eigenvalue weighted by Gasteiger charge is -2.32. The summed E-state index contributed by atoms with van der Waals surface area (Å²) in [7, 11) is 1.63. The Bertz CT molecular complexity index is 1260. The number of amides is 2. The molecule has 0 aliphatic rings. The summed E-state index contributed by atoms with van der Waals surface area (Å²) in [6, 6.07) is 21.4. The molecule has 214 valence electrons. The largest absolute Gasteiger partial charge is 0.497 e. The standard InChI is InChI=1S/C33H43N3O4/c1-5-11-31(38)36(16-6-2)29-18-23(3)17-28(33(34)39)32(29)27(20-24-12-8-7-9-13-24)30(37)22-35-21-25-14-10-15-26(19-25)40-4/h7-10,12-15,17-19,27,30,35,37H,5-6,11,16,20-22H2,1-4H3,(H2,34,39)/t27-,30+/m1/s1. The first kappa shape index (κ1) is 30.9. The van der Waals surface area contributed by atoms with Gasteiger partial charge in [-0.1, -0.05) is 56.3 Å².